The van der Waals surface area contributed by atoms with E-state index in [0.717, 1.165) is 0 Å². The molecule has 0 aliphatic rings. The van der Waals surface area contributed by atoms with Gasteiger partial charge in [-0.2, -0.15) is 0 Å². The molecular weight excluding hydrogens is 406 g/mol. The van der Waals surface area contributed by atoms with Gasteiger partial charge in [-0.15, -0.1) is 0 Å². The number of guanidine groups is 1. The second-order valence-electron chi connectivity index (χ2n) is 8.08. The van der Waals surface area contributed by atoms with Gasteiger partial charge in [0.1, 0.15) is 18.1 Å². The SMILES string of the molecule is CC(NC(=O)C(N)CCCN=C(N)N)C(=O)NC(C(=O)NC(C(=O)O)C(C)C)C(C)C. The Kier molecular flexibility index (Phi) is 12.2. The third kappa shape index (κ3) is 10.6. The predicted molar refractivity (Wildman–Crippen MR) is 117 cm³/mol. The third-order valence-electron chi connectivity index (χ3n) is 4.53. The van der Waals surface area contributed by atoms with Crippen molar-refractivity contribution in [1.82, 2.24) is 16.0 Å². The minimum atomic E-state index is -1.16. The summed E-state index contributed by atoms with van der Waals surface area (Å²) in [5, 5.41) is 16.8. The Bertz CT molecular complexity index is 662. The van der Waals surface area contributed by atoms with Gasteiger partial charge in [0.25, 0.3) is 0 Å². The van der Waals surface area contributed by atoms with Crippen LogP contribution in [0.1, 0.15) is 47.5 Å². The molecule has 0 aromatic heterocycles. The van der Waals surface area contributed by atoms with Crippen molar-refractivity contribution in [1.29, 1.82) is 0 Å². The highest BCUT2D eigenvalue weighted by Gasteiger charge is 2.31. The fourth-order valence-electron chi connectivity index (χ4n) is 2.61. The monoisotopic (exact) mass is 443 g/mol. The number of hydrogen-bond acceptors (Lipinski definition) is 6. The van der Waals surface area contributed by atoms with Crippen LogP contribution in [0.4, 0.5) is 0 Å². The molecule has 178 valence electrons. The normalized spacial score (nSPS) is 14.8. The molecule has 0 heterocycles. The number of aliphatic carboxylic acids is 1. The molecule has 0 aromatic carbocycles. The average Bonchev–Trinajstić information content (AvgIpc) is 2.65. The van der Waals surface area contributed by atoms with Gasteiger partial charge in [-0.05, 0) is 31.6 Å². The number of amides is 3. The zero-order chi connectivity index (χ0) is 24.3. The lowest BCUT2D eigenvalue weighted by Crippen LogP contribution is -2.58. The Labute approximate surface area is 182 Å². The molecule has 0 bridgehead atoms. The van der Waals surface area contributed by atoms with Gasteiger partial charge in [0, 0.05) is 6.54 Å². The largest absolute Gasteiger partial charge is 0.480 e. The summed E-state index contributed by atoms with van der Waals surface area (Å²) in [7, 11) is 0. The van der Waals surface area contributed by atoms with Crippen molar-refractivity contribution in [2.45, 2.75) is 71.6 Å². The van der Waals surface area contributed by atoms with Crippen LogP contribution in [-0.2, 0) is 19.2 Å². The summed E-state index contributed by atoms with van der Waals surface area (Å²) in [4.78, 5) is 52.4. The van der Waals surface area contributed by atoms with E-state index in [4.69, 9.17) is 17.2 Å². The summed E-state index contributed by atoms with van der Waals surface area (Å²) in [6, 6.07) is -3.86. The molecular formula is C19H37N7O5. The first kappa shape index (κ1) is 28.1. The van der Waals surface area contributed by atoms with Crippen LogP contribution in [0.25, 0.3) is 0 Å². The van der Waals surface area contributed by atoms with Crippen LogP contribution in [0.2, 0.25) is 0 Å². The Hall–Kier alpha value is -2.89. The maximum Gasteiger partial charge on any atom is 0.326 e. The molecule has 12 nitrogen and oxygen atoms in total. The van der Waals surface area contributed by atoms with Gasteiger partial charge in [-0.25, -0.2) is 4.79 Å². The number of aliphatic imine (C=N–C) groups is 1. The minimum absolute atomic E-state index is 0.0462. The first-order chi connectivity index (χ1) is 14.3. The number of carboxylic acid groups (broad SMARTS) is 1. The van der Waals surface area contributed by atoms with Crippen LogP contribution in [0.3, 0.4) is 0 Å². The summed E-state index contributed by atoms with van der Waals surface area (Å²) < 4.78 is 0. The molecule has 4 atom stereocenters. The topological polar surface area (TPSA) is 215 Å². The number of rotatable bonds is 13. The number of carbonyl (C=O) groups excluding carboxylic acids is 3. The van der Waals surface area contributed by atoms with Gasteiger partial charge < -0.3 is 38.3 Å². The van der Waals surface area contributed by atoms with Crippen molar-refractivity contribution in [2.75, 3.05) is 6.54 Å². The van der Waals surface area contributed by atoms with E-state index in [1.165, 1.54) is 6.92 Å². The van der Waals surface area contributed by atoms with Crippen molar-refractivity contribution >= 4 is 29.7 Å². The number of carbonyl (C=O) groups is 4. The van der Waals surface area contributed by atoms with Gasteiger partial charge in [0.05, 0.1) is 6.04 Å². The highest BCUT2D eigenvalue weighted by Crippen LogP contribution is 2.07. The smallest absolute Gasteiger partial charge is 0.326 e. The second kappa shape index (κ2) is 13.4. The van der Waals surface area contributed by atoms with E-state index >= 15 is 0 Å². The number of nitrogens with two attached hydrogens (primary N) is 3. The lowest BCUT2D eigenvalue weighted by Gasteiger charge is -2.27. The molecule has 0 spiro atoms. The van der Waals surface area contributed by atoms with E-state index in [1.54, 1.807) is 27.7 Å². The van der Waals surface area contributed by atoms with E-state index in [-0.39, 0.29) is 17.8 Å². The molecule has 12 heteroatoms. The van der Waals surface area contributed by atoms with E-state index in [9.17, 15) is 24.3 Å². The van der Waals surface area contributed by atoms with Crippen LogP contribution < -0.4 is 33.2 Å². The summed E-state index contributed by atoms with van der Waals surface area (Å²) in [6.45, 7) is 8.55. The van der Waals surface area contributed by atoms with Crippen molar-refractivity contribution in [3.8, 4) is 0 Å². The average molecular weight is 444 g/mol. The molecule has 0 radical (unpaired) electrons. The number of nitrogens with one attached hydrogen (secondary N) is 3. The molecule has 0 aliphatic carbocycles. The lowest BCUT2D eigenvalue weighted by molar-refractivity contribution is -0.143. The fraction of sp³-hybridized carbons (Fsp3) is 0.737. The Morgan fingerprint density at radius 2 is 1.35 bits per heavy atom. The summed E-state index contributed by atoms with van der Waals surface area (Å²) in [5.41, 5.74) is 16.3. The Morgan fingerprint density at radius 3 is 1.81 bits per heavy atom. The molecule has 0 rings (SSSR count). The summed E-state index contributed by atoms with van der Waals surface area (Å²) in [5.74, 6) is -3.58. The number of hydrogen-bond donors (Lipinski definition) is 7. The van der Waals surface area contributed by atoms with Crippen LogP contribution in [0, 0.1) is 11.8 Å². The van der Waals surface area contributed by atoms with Crippen LogP contribution in [0.5, 0.6) is 0 Å². The third-order valence-corrected chi connectivity index (χ3v) is 4.53. The molecule has 0 aromatic rings. The standard InChI is InChI=1S/C19H37N7O5/c1-9(2)13(17(29)26-14(10(3)4)18(30)31)25-15(27)11(5)24-16(28)12(20)7-6-8-23-19(21)22/h9-14H,6-8,20H2,1-5H3,(H,24,28)(H,25,27)(H,26,29)(H,30,31)(H4,21,22,23). The number of carboxylic acids is 1. The second-order valence-corrected chi connectivity index (χ2v) is 8.08. The van der Waals surface area contributed by atoms with Crippen molar-refractivity contribution in [3.05, 3.63) is 0 Å². The summed E-state index contributed by atoms with van der Waals surface area (Å²) in [6.07, 6.45) is 0.809. The number of nitrogens with zero attached hydrogens (tertiary/aromatic N) is 1. The van der Waals surface area contributed by atoms with Gasteiger partial charge >= 0.3 is 5.97 Å². The van der Waals surface area contributed by atoms with Gasteiger partial charge in [-0.1, -0.05) is 27.7 Å². The van der Waals surface area contributed by atoms with Crippen LogP contribution in [0.15, 0.2) is 4.99 Å². The quantitative estimate of drug-likeness (QED) is 0.0980. The van der Waals surface area contributed by atoms with Crippen LogP contribution in [-0.4, -0.2) is 65.5 Å². The highest BCUT2D eigenvalue weighted by atomic mass is 16.4. The zero-order valence-corrected chi connectivity index (χ0v) is 18.8. The molecule has 0 aliphatic heterocycles. The zero-order valence-electron chi connectivity index (χ0n) is 18.8. The van der Waals surface area contributed by atoms with Gasteiger partial charge in [0.2, 0.25) is 17.7 Å². The molecule has 3 amide bonds. The van der Waals surface area contributed by atoms with E-state index < -0.39 is 47.9 Å². The Balaban J connectivity index is 4.86. The molecule has 4 unspecified atom stereocenters. The lowest BCUT2D eigenvalue weighted by atomic mass is 10.00. The van der Waals surface area contributed by atoms with E-state index in [1.807, 2.05) is 0 Å². The molecule has 10 N–H and O–H groups in total. The molecule has 0 saturated heterocycles. The first-order valence-electron chi connectivity index (χ1n) is 10.2. The fourth-order valence-corrected chi connectivity index (χ4v) is 2.61. The summed E-state index contributed by atoms with van der Waals surface area (Å²) >= 11 is 0. The minimum Gasteiger partial charge on any atom is -0.480 e. The van der Waals surface area contributed by atoms with E-state index in [0.29, 0.717) is 19.4 Å². The molecule has 31 heavy (non-hydrogen) atoms. The molecule has 0 fully saturated rings. The Morgan fingerprint density at radius 1 is 0.839 bits per heavy atom. The van der Waals surface area contributed by atoms with Crippen molar-refractivity contribution < 1.29 is 24.3 Å². The maximum atomic E-state index is 12.6. The van der Waals surface area contributed by atoms with Crippen molar-refractivity contribution in [3.63, 3.8) is 0 Å². The van der Waals surface area contributed by atoms with Crippen LogP contribution >= 0.6 is 0 Å². The highest BCUT2D eigenvalue weighted by molar-refractivity contribution is 5.94. The first-order valence-corrected chi connectivity index (χ1v) is 10.2. The van der Waals surface area contributed by atoms with Gasteiger partial charge in [-0.3, -0.25) is 19.4 Å². The van der Waals surface area contributed by atoms with E-state index in [2.05, 4.69) is 20.9 Å². The van der Waals surface area contributed by atoms with Crippen molar-refractivity contribution in [2.24, 2.45) is 34.0 Å². The molecule has 0 saturated carbocycles. The maximum absolute atomic E-state index is 12.6. The van der Waals surface area contributed by atoms with Gasteiger partial charge in [0.15, 0.2) is 5.96 Å². The predicted octanol–water partition coefficient (Wildman–Crippen LogP) is -1.76.